The van der Waals surface area contributed by atoms with Crippen LogP contribution in [0.4, 0.5) is 0 Å². The molecule has 0 aliphatic heterocycles. The number of rotatable bonds is 4. The molecule has 0 saturated heterocycles. The minimum absolute atomic E-state index is 0.791. The highest BCUT2D eigenvalue weighted by Crippen LogP contribution is 2.10. The third-order valence-corrected chi connectivity index (χ3v) is 2.43. The zero-order valence-electron chi connectivity index (χ0n) is 8.83. The summed E-state index contributed by atoms with van der Waals surface area (Å²) in [4.78, 5) is 2.30. The third kappa shape index (κ3) is 2.58. The van der Waals surface area contributed by atoms with Gasteiger partial charge in [-0.05, 0) is 24.7 Å². The van der Waals surface area contributed by atoms with Gasteiger partial charge < -0.3 is 0 Å². The van der Waals surface area contributed by atoms with Crippen molar-refractivity contribution in [1.29, 1.82) is 5.26 Å². The first-order chi connectivity index (χ1) is 6.81. The fraction of sp³-hybridized carbons (Fsp3) is 0.417. The molecule has 0 aromatic heterocycles. The minimum atomic E-state index is 0.791. The van der Waals surface area contributed by atoms with Crippen LogP contribution in [0.1, 0.15) is 25.0 Å². The molecule has 0 saturated carbocycles. The SMILES string of the molecule is CCN(CC)Cc1ccccc1C#N. The van der Waals surface area contributed by atoms with Crippen molar-refractivity contribution in [2.45, 2.75) is 20.4 Å². The number of benzene rings is 1. The number of nitriles is 1. The molecule has 1 rings (SSSR count). The topological polar surface area (TPSA) is 27.0 Å². The van der Waals surface area contributed by atoms with Gasteiger partial charge in [-0.1, -0.05) is 32.0 Å². The van der Waals surface area contributed by atoms with Gasteiger partial charge in [-0.25, -0.2) is 0 Å². The Kier molecular flexibility index (Phi) is 4.15. The van der Waals surface area contributed by atoms with E-state index < -0.39 is 0 Å². The molecule has 0 aliphatic rings. The Morgan fingerprint density at radius 3 is 2.43 bits per heavy atom. The van der Waals surface area contributed by atoms with Crippen molar-refractivity contribution < 1.29 is 0 Å². The van der Waals surface area contributed by atoms with Gasteiger partial charge in [0.05, 0.1) is 11.6 Å². The molecule has 2 heteroatoms. The fourth-order valence-corrected chi connectivity index (χ4v) is 1.46. The lowest BCUT2D eigenvalue weighted by molar-refractivity contribution is 0.295. The Labute approximate surface area is 85.8 Å². The Balaban J connectivity index is 2.80. The van der Waals surface area contributed by atoms with Gasteiger partial charge in [0.1, 0.15) is 0 Å². The van der Waals surface area contributed by atoms with Gasteiger partial charge >= 0.3 is 0 Å². The van der Waals surface area contributed by atoms with E-state index >= 15 is 0 Å². The molecule has 0 N–H and O–H groups in total. The van der Waals surface area contributed by atoms with E-state index in [4.69, 9.17) is 5.26 Å². The Hall–Kier alpha value is -1.33. The van der Waals surface area contributed by atoms with Crippen LogP contribution < -0.4 is 0 Å². The average molecular weight is 188 g/mol. The Bertz CT molecular complexity index is 321. The minimum Gasteiger partial charge on any atom is -0.300 e. The lowest BCUT2D eigenvalue weighted by atomic mass is 10.1. The van der Waals surface area contributed by atoms with Crippen LogP contribution in [0.2, 0.25) is 0 Å². The molecule has 0 aliphatic carbocycles. The lowest BCUT2D eigenvalue weighted by Crippen LogP contribution is -2.22. The molecule has 74 valence electrons. The summed E-state index contributed by atoms with van der Waals surface area (Å²) < 4.78 is 0. The van der Waals surface area contributed by atoms with Crippen LogP contribution in [-0.4, -0.2) is 18.0 Å². The molecule has 0 amide bonds. The molecule has 2 nitrogen and oxygen atoms in total. The van der Waals surface area contributed by atoms with Gasteiger partial charge in [-0.2, -0.15) is 5.26 Å². The first kappa shape index (κ1) is 10.7. The maximum Gasteiger partial charge on any atom is 0.0995 e. The zero-order valence-corrected chi connectivity index (χ0v) is 8.83. The Morgan fingerprint density at radius 1 is 1.21 bits per heavy atom. The molecular formula is C12H16N2. The second-order valence-electron chi connectivity index (χ2n) is 3.23. The van der Waals surface area contributed by atoms with E-state index in [0.29, 0.717) is 0 Å². The van der Waals surface area contributed by atoms with Crippen molar-refractivity contribution in [3.05, 3.63) is 35.4 Å². The molecule has 0 heterocycles. The van der Waals surface area contributed by atoms with Crippen molar-refractivity contribution >= 4 is 0 Å². The van der Waals surface area contributed by atoms with E-state index in [1.165, 1.54) is 0 Å². The largest absolute Gasteiger partial charge is 0.300 e. The van der Waals surface area contributed by atoms with Crippen LogP contribution in [0.3, 0.4) is 0 Å². The molecule has 0 radical (unpaired) electrons. The van der Waals surface area contributed by atoms with Gasteiger partial charge in [0.25, 0.3) is 0 Å². The first-order valence-electron chi connectivity index (χ1n) is 5.02. The van der Waals surface area contributed by atoms with Crippen molar-refractivity contribution in [3.8, 4) is 6.07 Å². The van der Waals surface area contributed by atoms with Crippen molar-refractivity contribution in [2.24, 2.45) is 0 Å². The normalized spacial score (nSPS) is 10.1. The molecule has 0 unspecified atom stereocenters. The predicted molar refractivity (Wildman–Crippen MR) is 57.8 cm³/mol. The smallest absolute Gasteiger partial charge is 0.0995 e. The van der Waals surface area contributed by atoms with Crippen LogP contribution in [0, 0.1) is 11.3 Å². The van der Waals surface area contributed by atoms with Crippen LogP contribution in [0.5, 0.6) is 0 Å². The summed E-state index contributed by atoms with van der Waals surface area (Å²) in [6, 6.07) is 10.0. The van der Waals surface area contributed by atoms with Crippen molar-refractivity contribution in [3.63, 3.8) is 0 Å². The molecule has 0 atom stereocenters. The molecule has 0 fully saturated rings. The van der Waals surface area contributed by atoms with E-state index in [-0.39, 0.29) is 0 Å². The molecular weight excluding hydrogens is 172 g/mol. The maximum absolute atomic E-state index is 8.91. The number of nitrogens with zero attached hydrogens (tertiary/aromatic N) is 2. The highest BCUT2D eigenvalue weighted by molar-refractivity contribution is 5.37. The van der Waals surface area contributed by atoms with Crippen LogP contribution in [0.25, 0.3) is 0 Å². The van der Waals surface area contributed by atoms with Crippen molar-refractivity contribution in [2.75, 3.05) is 13.1 Å². The molecule has 1 aromatic carbocycles. The summed E-state index contributed by atoms with van der Waals surface area (Å²) in [6.45, 7) is 7.19. The van der Waals surface area contributed by atoms with Gasteiger partial charge in [-0.15, -0.1) is 0 Å². The summed E-state index contributed by atoms with van der Waals surface area (Å²) in [5.74, 6) is 0. The van der Waals surface area contributed by atoms with Gasteiger partial charge in [-0.3, -0.25) is 4.90 Å². The molecule has 0 bridgehead atoms. The summed E-state index contributed by atoms with van der Waals surface area (Å²) in [5.41, 5.74) is 1.91. The first-order valence-corrected chi connectivity index (χ1v) is 5.02. The standard InChI is InChI=1S/C12H16N2/c1-3-14(4-2)10-12-8-6-5-7-11(12)9-13/h5-8H,3-4,10H2,1-2H3. The maximum atomic E-state index is 8.91. The van der Waals surface area contributed by atoms with E-state index in [1.807, 2.05) is 24.3 Å². The lowest BCUT2D eigenvalue weighted by Gasteiger charge is -2.18. The van der Waals surface area contributed by atoms with E-state index in [1.54, 1.807) is 0 Å². The Morgan fingerprint density at radius 2 is 1.86 bits per heavy atom. The summed E-state index contributed by atoms with van der Waals surface area (Å²) in [7, 11) is 0. The van der Waals surface area contributed by atoms with Crippen LogP contribution >= 0.6 is 0 Å². The summed E-state index contributed by atoms with van der Waals surface area (Å²) >= 11 is 0. The van der Waals surface area contributed by atoms with E-state index in [9.17, 15) is 0 Å². The second kappa shape index (κ2) is 5.41. The molecule has 0 spiro atoms. The highest BCUT2D eigenvalue weighted by Gasteiger charge is 2.04. The quantitative estimate of drug-likeness (QED) is 0.725. The zero-order chi connectivity index (χ0) is 10.4. The van der Waals surface area contributed by atoms with E-state index in [0.717, 1.165) is 30.8 Å². The molecule has 14 heavy (non-hydrogen) atoms. The highest BCUT2D eigenvalue weighted by atomic mass is 15.1. The van der Waals surface area contributed by atoms with Gasteiger partial charge in [0.2, 0.25) is 0 Å². The van der Waals surface area contributed by atoms with E-state index in [2.05, 4.69) is 24.8 Å². The van der Waals surface area contributed by atoms with Crippen LogP contribution in [-0.2, 0) is 6.54 Å². The monoisotopic (exact) mass is 188 g/mol. The fourth-order valence-electron chi connectivity index (χ4n) is 1.46. The summed E-state index contributed by atoms with van der Waals surface area (Å²) in [6.07, 6.45) is 0. The summed E-state index contributed by atoms with van der Waals surface area (Å²) in [5, 5.41) is 8.91. The third-order valence-electron chi connectivity index (χ3n) is 2.43. The van der Waals surface area contributed by atoms with Gasteiger partial charge in [0, 0.05) is 6.54 Å². The predicted octanol–water partition coefficient (Wildman–Crippen LogP) is 2.40. The van der Waals surface area contributed by atoms with Gasteiger partial charge in [0.15, 0.2) is 0 Å². The van der Waals surface area contributed by atoms with Crippen molar-refractivity contribution in [1.82, 2.24) is 4.90 Å². The molecule has 1 aromatic rings. The second-order valence-corrected chi connectivity index (χ2v) is 3.23. The van der Waals surface area contributed by atoms with Crippen LogP contribution in [0.15, 0.2) is 24.3 Å². The average Bonchev–Trinajstić information content (AvgIpc) is 2.26. The number of hydrogen-bond donors (Lipinski definition) is 0. The number of hydrogen-bond acceptors (Lipinski definition) is 2.